The van der Waals surface area contributed by atoms with Gasteiger partial charge in [0.05, 0.1) is 0 Å². The van der Waals surface area contributed by atoms with E-state index in [-0.39, 0.29) is 24.5 Å². The number of nitrogens with one attached hydrogen (secondary N) is 1. The van der Waals surface area contributed by atoms with Gasteiger partial charge in [-0.2, -0.15) is 0 Å². The number of hydrogen-bond acceptors (Lipinski definition) is 3. The summed E-state index contributed by atoms with van der Waals surface area (Å²) in [6.45, 7) is 4.42. The molecule has 0 aliphatic rings. The number of halogens is 1. The first-order valence-electron chi connectivity index (χ1n) is 6.45. The van der Waals surface area contributed by atoms with Crippen LogP contribution in [0.1, 0.15) is 36.9 Å². The average Bonchev–Trinajstić information content (AvgIpc) is 2.38. The van der Waals surface area contributed by atoms with Crippen LogP contribution in [0.5, 0.6) is 0 Å². The maximum Gasteiger partial charge on any atom is 0.126 e. The number of hydrogen-bond donors (Lipinski definition) is 3. The minimum atomic E-state index is -0.197. The molecule has 2 atom stereocenters. The first kappa shape index (κ1) is 15.1. The van der Waals surface area contributed by atoms with Crippen molar-refractivity contribution in [3.8, 4) is 0 Å². The van der Waals surface area contributed by atoms with Gasteiger partial charge in [-0.15, -0.1) is 0 Å². The summed E-state index contributed by atoms with van der Waals surface area (Å²) in [5.41, 5.74) is 7.39. The van der Waals surface area contributed by atoms with Crippen molar-refractivity contribution in [2.45, 2.75) is 38.8 Å². The standard InChI is InChI=1S/C14H23FN2O/c1-3-12(6-7-18)17-14(9-16)11-4-5-13(15)10(2)8-11/h4-5,8,12,14,17-18H,3,6-7,9,16H2,1-2H3. The topological polar surface area (TPSA) is 58.3 Å². The van der Waals surface area contributed by atoms with Crippen molar-refractivity contribution in [1.82, 2.24) is 5.32 Å². The summed E-state index contributed by atoms with van der Waals surface area (Å²) in [6.07, 6.45) is 1.63. The zero-order chi connectivity index (χ0) is 13.5. The molecule has 0 saturated carbocycles. The highest BCUT2D eigenvalue weighted by Crippen LogP contribution is 2.17. The van der Waals surface area contributed by atoms with E-state index in [9.17, 15) is 4.39 Å². The first-order valence-corrected chi connectivity index (χ1v) is 6.45. The smallest absolute Gasteiger partial charge is 0.126 e. The Bertz CT molecular complexity index is 371. The molecule has 4 heteroatoms. The minimum Gasteiger partial charge on any atom is -0.396 e. The van der Waals surface area contributed by atoms with Crippen LogP contribution in [0.4, 0.5) is 4.39 Å². The Kier molecular flexibility index (Phi) is 6.25. The SMILES string of the molecule is CCC(CCO)NC(CN)c1ccc(F)c(C)c1. The van der Waals surface area contributed by atoms with Crippen molar-refractivity contribution in [1.29, 1.82) is 0 Å². The quantitative estimate of drug-likeness (QED) is 0.696. The number of aliphatic hydroxyl groups excluding tert-OH is 1. The number of aliphatic hydroxyl groups is 1. The first-order chi connectivity index (χ1) is 8.62. The van der Waals surface area contributed by atoms with E-state index in [1.54, 1.807) is 13.0 Å². The Morgan fingerprint density at radius 1 is 1.44 bits per heavy atom. The van der Waals surface area contributed by atoms with Crippen molar-refractivity contribution in [3.63, 3.8) is 0 Å². The van der Waals surface area contributed by atoms with Crippen molar-refractivity contribution in [3.05, 3.63) is 35.1 Å². The number of nitrogens with two attached hydrogens (primary N) is 1. The van der Waals surface area contributed by atoms with Crippen LogP contribution < -0.4 is 11.1 Å². The van der Waals surface area contributed by atoms with Gasteiger partial charge in [-0.1, -0.05) is 19.1 Å². The molecule has 1 aromatic rings. The van der Waals surface area contributed by atoms with Crippen LogP contribution in [0.3, 0.4) is 0 Å². The summed E-state index contributed by atoms with van der Waals surface area (Å²) in [4.78, 5) is 0. The molecule has 0 heterocycles. The normalized spacial score (nSPS) is 14.5. The largest absolute Gasteiger partial charge is 0.396 e. The second kappa shape index (κ2) is 7.46. The van der Waals surface area contributed by atoms with Gasteiger partial charge in [-0.05, 0) is 37.0 Å². The fraction of sp³-hybridized carbons (Fsp3) is 0.571. The molecule has 0 aliphatic carbocycles. The van der Waals surface area contributed by atoms with Crippen LogP contribution in [0.25, 0.3) is 0 Å². The Morgan fingerprint density at radius 3 is 2.67 bits per heavy atom. The summed E-state index contributed by atoms with van der Waals surface area (Å²) in [6, 6.07) is 5.29. The Labute approximate surface area is 108 Å². The molecular formula is C14H23FN2O. The van der Waals surface area contributed by atoms with E-state index in [0.29, 0.717) is 18.5 Å². The molecule has 1 rings (SSSR count). The highest BCUT2D eigenvalue weighted by Gasteiger charge is 2.15. The van der Waals surface area contributed by atoms with Crippen LogP contribution in [0.2, 0.25) is 0 Å². The molecule has 0 saturated heterocycles. The molecule has 0 fully saturated rings. The van der Waals surface area contributed by atoms with Crippen LogP contribution >= 0.6 is 0 Å². The van der Waals surface area contributed by atoms with Crippen molar-refractivity contribution >= 4 is 0 Å². The van der Waals surface area contributed by atoms with E-state index >= 15 is 0 Å². The van der Waals surface area contributed by atoms with Crippen LogP contribution in [0.15, 0.2) is 18.2 Å². The van der Waals surface area contributed by atoms with Gasteiger partial charge in [-0.25, -0.2) is 4.39 Å². The predicted molar refractivity (Wildman–Crippen MR) is 71.8 cm³/mol. The lowest BCUT2D eigenvalue weighted by Gasteiger charge is -2.24. The van der Waals surface area contributed by atoms with Gasteiger partial charge in [0.2, 0.25) is 0 Å². The molecule has 0 bridgehead atoms. The summed E-state index contributed by atoms with van der Waals surface area (Å²) < 4.78 is 13.2. The Morgan fingerprint density at radius 2 is 2.17 bits per heavy atom. The molecule has 102 valence electrons. The van der Waals surface area contributed by atoms with Gasteiger partial charge < -0.3 is 16.2 Å². The van der Waals surface area contributed by atoms with E-state index in [2.05, 4.69) is 12.2 Å². The van der Waals surface area contributed by atoms with E-state index in [0.717, 1.165) is 12.0 Å². The Balaban J connectivity index is 2.78. The maximum absolute atomic E-state index is 13.2. The van der Waals surface area contributed by atoms with E-state index < -0.39 is 0 Å². The molecule has 0 radical (unpaired) electrons. The summed E-state index contributed by atoms with van der Waals surface area (Å²) >= 11 is 0. The third-order valence-electron chi connectivity index (χ3n) is 3.23. The monoisotopic (exact) mass is 254 g/mol. The van der Waals surface area contributed by atoms with Crippen molar-refractivity contribution in [2.75, 3.05) is 13.2 Å². The fourth-order valence-electron chi connectivity index (χ4n) is 2.03. The number of aryl methyl sites for hydroxylation is 1. The summed E-state index contributed by atoms with van der Waals surface area (Å²) in [5.74, 6) is -0.197. The molecule has 18 heavy (non-hydrogen) atoms. The second-order valence-corrected chi connectivity index (χ2v) is 4.58. The summed E-state index contributed by atoms with van der Waals surface area (Å²) in [7, 11) is 0. The molecule has 0 spiro atoms. The average molecular weight is 254 g/mol. The second-order valence-electron chi connectivity index (χ2n) is 4.58. The molecule has 2 unspecified atom stereocenters. The Hall–Kier alpha value is -0.970. The van der Waals surface area contributed by atoms with Crippen molar-refractivity contribution in [2.24, 2.45) is 5.73 Å². The van der Waals surface area contributed by atoms with Gasteiger partial charge in [0, 0.05) is 25.2 Å². The lowest BCUT2D eigenvalue weighted by molar-refractivity contribution is 0.255. The number of benzene rings is 1. The lowest BCUT2D eigenvalue weighted by Crippen LogP contribution is -2.37. The highest BCUT2D eigenvalue weighted by molar-refractivity contribution is 5.26. The zero-order valence-corrected chi connectivity index (χ0v) is 11.1. The molecule has 1 aromatic carbocycles. The maximum atomic E-state index is 13.2. The van der Waals surface area contributed by atoms with Crippen LogP contribution in [-0.4, -0.2) is 24.3 Å². The molecule has 0 amide bonds. The highest BCUT2D eigenvalue weighted by atomic mass is 19.1. The molecular weight excluding hydrogens is 231 g/mol. The number of rotatable bonds is 7. The van der Waals surface area contributed by atoms with Crippen molar-refractivity contribution < 1.29 is 9.50 Å². The molecule has 3 nitrogen and oxygen atoms in total. The van der Waals surface area contributed by atoms with Gasteiger partial charge in [0.25, 0.3) is 0 Å². The van der Waals surface area contributed by atoms with Gasteiger partial charge >= 0.3 is 0 Å². The van der Waals surface area contributed by atoms with Gasteiger partial charge in [-0.3, -0.25) is 0 Å². The van der Waals surface area contributed by atoms with E-state index in [4.69, 9.17) is 10.8 Å². The van der Waals surface area contributed by atoms with Gasteiger partial charge in [0.1, 0.15) is 5.82 Å². The minimum absolute atomic E-state index is 0.000741. The van der Waals surface area contributed by atoms with E-state index in [1.165, 1.54) is 6.07 Å². The third kappa shape index (κ3) is 4.05. The lowest BCUT2D eigenvalue weighted by atomic mass is 10.0. The molecule has 4 N–H and O–H groups in total. The van der Waals surface area contributed by atoms with Gasteiger partial charge in [0.15, 0.2) is 0 Å². The summed E-state index contributed by atoms with van der Waals surface area (Å²) in [5, 5.41) is 12.4. The fourth-order valence-corrected chi connectivity index (χ4v) is 2.03. The zero-order valence-electron chi connectivity index (χ0n) is 11.1. The molecule has 0 aliphatic heterocycles. The predicted octanol–water partition coefficient (Wildman–Crippen LogP) is 1.88. The van der Waals surface area contributed by atoms with Crippen LogP contribution in [0, 0.1) is 12.7 Å². The third-order valence-corrected chi connectivity index (χ3v) is 3.23. The van der Waals surface area contributed by atoms with Crippen LogP contribution in [-0.2, 0) is 0 Å². The molecule has 0 aromatic heterocycles. The van der Waals surface area contributed by atoms with E-state index in [1.807, 2.05) is 6.07 Å².